The van der Waals surface area contributed by atoms with Gasteiger partial charge in [0.25, 0.3) is 0 Å². The summed E-state index contributed by atoms with van der Waals surface area (Å²) >= 11 is 0. The summed E-state index contributed by atoms with van der Waals surface area (Å²) in [6.45, 7) is 0. The Morgan fingerprint density at radius 1 is 0.800 bits per heavy atom. The van der Waals surface area contributed by atoms with Gasteiger partial charge in [0.1, 0.15) is 5.82 Å². The molecule has 20 heavy (non-hydrogen) atoms. The number of hydrogen-bond donors (Lipinski definition) is 1. The van der Waals surface area contributed by atoms with Crippen molar-refractivity contribution in [1.29, 1.82) is 0 Å². The van der Waals surface area contributed by atoms with Crippen LogP contribution in [0.25, 0.3) is 0 Å². The fourth-order valence-electron chi connectivity index (χ4n) is 2.28. The normalized spacial score (nSPS) is 10.6. The van der Waals surface area contributed by atoms with Crippen molar-refractivity contribution in [2.75, 3.05) is 5.84 Å². The molecule has 3 nitrogen and oxygen atoms in total. The monoisotopic (exact) mass is 263 g/mol. The van der Waals surface area contributed by atoms with Crippen molar-refractivity contribution < 1.29 is 0 Å². The summed E-state index contributed by atoms with van der Waals surface area (Å²) in [5.74, 6) is 7.04. The molecule has 0 aliphatic heterocycles. The van der Waals surface area contributed by atoms with Gasteiger partial charge in [0.05, 0.1) is 11.9 Å². The molecule has 0 aliphatic rings. The van der Waals surface area contributed by atoms with Gasteiger partial charge in [0.15, 0.2) is 0 Å². The molecule has 2 aromatic carbocycles. The lowest BCUT2D eigenvalue weighted by molar-refractivity contribution is 0.834. The second kappa shape index (κ2) is 5.61. The van der Waals surface area contributed by atoms with Crippen LogP contribution in [0.2, 0.25) is 0 Å². The van der Waals surface area contributed by atoms with Crippen molar-refractivity contribution in [2.45, 2.75) is 12.8 Å². The van der Waals surface area contributed by atoms with Gasteiger partial charge in [-0.3, -0.25) is 4.68 Å². The first-order chi connectivity index (χ1) is 9.83. The molecule has 2 N–H and O–H groups in total. The summed E-state index contributed by atoms with van der Waals surface area (Å²) in [6.07, 6.45) is 3.43. The molecule has 3 aromatic rings. The molecule has 0 atom stereocenters. The third kappa shape index (κ3) is 2.72. The van der Waals surface area contributed by atoms with Crippen molar-refractivity contribution in [3.63, 3.8) is 0 Å². The van der Waals surface area contributed by atoms with Crippen LogP contribution in [0, 0.1) is 0 Å². The van der Waals surface area contributed by atoms with Gasteiger partial charge >= 0.3 is 0 Å². The molecule has 0 aliphatic carbocycles. The van der Waals surface area contributed by atoms with E-state index in [1.165, 1.54) is 11.1 Å². The van der Waals surface area contributed by atoms with Crippen molar-refractivity contribution in [3.05, 3.63) is 89.5 Å². The zero-order valence-corrected chi connectivity index (χ0v) is 11.2. The van der Waals surface area contributed by atoms with Crippen molar-refractivity contribution in [3.8, 4) is 0 Å². The van der Waals surface area contributed by atoms with Crippen LogP contribution in [0.4, 0.5) is 0 Å². The minimum Gasteiger partial charge on any atom is -0.338 e. The maximum Gasteiger partial charge on any atom is 0.131 e. The lowest BCUT2D eigenvalue weighted by Crippen LogP contribution is -2.16. The van der Waals surface area contributed by atoms with Crippen LogP contribution in [0.1, 0.15) is 22.6 Å². The number of nitrogen functional groups attached to an aromatic ring is 1. The highest BCUT2D eigenvalue weighted by Gasteiger charge is 2.08. The fraction of sp³-hybridized carbons (Fsp3) is 0.118. The summed E-state index contributed by atoms with van der Waals surface area (Å²) in [7, 11) is 0. The molecule has 0 amide bonds. The molecular weight excluding hydrogens is 246 g/mol. The smallest absolute Gasteiger partial charge is 0.131 e. The minimum atomic E-state index is 0.756. The number of aromatic nitrogens is 2. The van der Waals surface area contributed by atoms with Gasteiger partial charge in [0.2, 0.25) is 0 Å². The van der Waals surface area contributed by atoms with E-state index < -0.39 is 0 Å². The van der Waals surface area contributed by atoms with Crippen molar-refractivity contribution >= 4 is 0 Å². The Bertz CT molecular complexity index is 613. The van der Waals surface area contributed by atoms with Gasteiger partial charge in [-0.1, -0.05) is 60.7 Å². The predicted octanol–water partition coefficient (Wildman–Crippen LogP) is 2.78. The Morgan fingerprint density at radius 2 is 1.35 bits per heavy atom. The lowest BCUT2D eigenvalue weighted by Gasteiger charge is -2.06. The first-order valence-electron chi connectivity index (χ1n) is 6.71. The van der Waals surface area contributed by atoms with E-state index in [0.29, 0.717) is 0 Å². The first-order valence-corrected chi connectivity index (χ1v) is 6.71. The zero-order valence-electron chi connectivity index (χ0n) is 11.2. The quantitative estimate of drug-likeness (QED) is 0.736. The second-order valence-corrected chi connectivity index (χ2v) is 4.86. The highest BCUT2D eigenvalue weighted by atomic mass is 15.3. The second-order valence-electron chi connectivity index (χ2n) is 4.86. The molecule has 0 bridgehead atoms. The average Bonchev–Trinajstić information content (AvgIpc) is 2.83. The molecule has 0 saturated heterocycles. The Labute approximate surface area is 118 Å². The summed E-state index contributed by atoms with van der Waals surface area (Å²) in [5.41, 5.74) is 3.49. The van der Waals surface area contributed by atoms with Crippen LogP contribution >= 0.6 is 0 Å². The number of benzene rings is 2. The maximum atomic E-state index is 6.15. The standard InChI is InChI=1S/C17H17N3/c18-20-16(11-14-7-3-1-4-8-14)13-19-17(20)12-15-9-5-2-6-10-15/h1-10,13H,11-12,18H2. The van der Waals surface area contributed by atoms with Gasteiger partial charge < -0.3 is 5.84 Å². The van der Waals surface area contributed by atoms with Gasteiger partial charge in [-0.2, -0.15) is 0 Å². The van der Waals surface area contributed by atoms with Crippen LogP contribution in [-0.4, -0.2) is 9.66 Å². The average molecular weight is 263 g/mol. The van der Waals surface area contributed by atoms with Crippen LogP contribution in [0.15, 0.2) is 66.9 Å². The van der Waals surface area contributed by atoms with Gasteiger partial charge in [-0.05, 0) is 11.1 Å². The number of rotatable bonds is 4. The highest BCUT2D eigenvalue weighted by Crippen LogP contribution is 2.12. The molecule has 100 valence electrons. The molecule has 1 heterocycles. The maximum absolute atomic E-state index is 6.15. The van der Waals surface area contributed by atoms with E-state index in [0.717, 1.165) is 24.4 Å². The van der Waals surface area contributed by atoms with E-state index >= 15 is 0 Å². The Hall–Kier alpha value is -2.55. The number of nitrogens with zero attached hydrogens (tertiary/aromatic N) is 2. The molecule has 0 unspecified atom stereocenters. The van der Waals surface area contributed by atoms with Crippen LogP contribution < -0.4 is 5.84 Å². The summed E-state index contributed by atoms with van der Waals surface area (Å²) in [6, 6.07) is 20.6. The van der Waals surface area contributed by atoms with Crippen molar-refractivity contribution in [1.82, 2.24) is 9.66 Å². The minimum absolute atomic E-state index is 0.756. The largest absolute Gasteiger partial charge is 0.338 e. The third-order valence-electron chi connectivity index (χ3n) is 3.38. The predicted molar refractivity (Wildman–Crippen MR) is 80.9 cm³/mol. The van der Waals surface area contributed by atoms with E-state index in [4.69, 9.17) is 5.84 Å². The SMILES string of the molecule is Nn1c(Cc2ccccc2)cnc1Cc1ccccc1. The summed E-state index contributed by atoms with van der Waals surface area (Å²) < 4.78 is 1.71. The van der Waals surface area contributed by atoms with Gasteiger partial charge in [-0.25, -0.2) is 4.98 Å². The van der Waals surface area contributed by atoms with Gasteiger partial charge in [-0.15, -0.1) is 0 Å². The number of hydrogen-bond acceptors (Lipinski definition) is 2. The summed E-state index contributed by atoms with van der Waals surface area (Å²) in [5, 5.41) is 0. The first kappa shape index (κ1) is 12.5. The topological polar surface area (TPSA) is 43.8 Å². The van der Waals surface area contributed by atoms with Crippen LogP contribution in [0.5, 0.6) is 0 Å². The molecule has 3 heteroatoms. The molecule has 0 radical (unpaired) electrons. The van der Waals surface area contributed by atoms with E-state index in [2.05, 4.69) is 29.2 Å². The molecule has 0 fully saturated rings. The van der Waals surface area contributed by atoms with E-state index in [9.17, 15) is 0 Å². The zero-order chi connectivity index (χ0) is 13.8. The third-order valence-corrected chi connectivity index (χ3v) is 3.38. The number of imidazole rings is 1. The molecule has 3 rings (SSSR count). The van der Waals surface area contributed by atoms with E-state index in [-0.39, 0.29) is 0 Å². The molecule has 0 spiro atoms. The van der Waals surface area contributed by atoms with Crippen LogP contribution in [0.3, 0.4) is 0 Å². The van der Waals surface area contributed by atoms with Gasteiger partial charge in [0, 0.05) is 12.8 Å². The van der Waals surface area contributed by atoms with E-state index in [1.807, 2.05) is 42.6 Å². The Morgan fingerprint density at radius 3 is 1.95 bits per heavy atom. The Balaban J connectivity index is 1.79. The highest BCUT2D eigenvalue weighted by molar-refractivity contribution is 5.24. The Kier molecular flexibility index (Phi) is 3.50. The summed E-state index contributed by atoms with van der Waals surface area (Å²) in [4.78, 5) is 4.45. The lowest BCUT2D eigenvalue weighted by atomic mass is 10.1. The molecular formula is C17H17N3. The van der Waals surface area contributed by atoms with Crippen molar-refractivity contribution in [2.24, 2.45) is 0 Å². The molecule has 1 aromatic heterocycles. The molecule has 0 saturated carbocycles. The fourth-order valence-corrected chi connectivity index (χ4v) is 2.28. The van der Waals surface area contributed by atoms with Crippen LogP contribution in [-0.2, 0) is 12.8 Å². The number of nitrogens with two attached hydrogens (primary N) is 1. The van der Waals surface area contributed by atoms with E-state index in [1.54, 1.807) is 4.68 Å².